The number of nitrogens with one attached hydrogen (secondary N) is 1. The molecule has 3 heteroatoms. The summed E-state index contributed by atoms with van der Waals surface area (Å²) in [4.78, 5) is 2.42. The Labute approximate surface area is 123 Å². The third-order valence-electron chi connectivity index (χ3n) is 4.42. The molecule has 2 N–H and O–H groups in total. The molecule has 0 spiro atoms. The molecule has 0 radical (unpaired) electrons. The third-order valence-corrected chi connectivity index (χ3v) is 4.42. The quantitative estimate of drug-likeness (QED) is 0.837. The fourth-order valence-electron chi connectivity index (χ4n) is 3.24. The van der Waals surface area contributed by atoms with Gasteiger partial charge in [-0.2, -0.15) is 0 Å². The van der Waals surface area contributed by atoms with Crippen LogP contribution in [0.15, 0.2) is 30.3 Å². The van der Waals surface area contributed by atoms with E-state index < -0.39 is 0 Å². The molecule has 1 saturated heterocycles. The van der Waals surface area contributed by atoms with E-state index in [0.717, 1.165) is 31.7 Å². The van der Waals surface area contributed by atoms with Gasteiger partial charge in [0.15, 0.2) is 0 Å². The SMILES string of the molecule is CCNC1CCN(CC(O)c2ccccc2)CC1CC. The second kappa shape index (κ2) is 7.77. The van der Waals surface area contributed by atoms with Gasteiger partial charge in [0.1, 0.15) is 0 Å². The van der Waals surface area contributed by atoms with Crippen LogP contribution in [-0.2, 0) is 0 Å². The van der Waals surface area contributed by atoms with Gasteiger partial charge in [0.25, 0.3) is 0 Å². The summed E-state index contributed by atoms with van der Waals surface area (Å²) in [5.74, 6) is 0.701. The lowest BCUT2D eigenvalue weighted by Gasteiger charge is -2.39. The second-order valence-corrected chi connectivity index (χ2v) is 5.81. The fraction of sp³-hybridized carbons (Fsp3) is 0.647. The maximum atomic E-state index is 10.3. The Balaban J connectivity index is 1.88. The molecule has 1 fully saturated rings. The molecule has 20 heavy (non-hydrogen) atoms. The second-order valence-electron chi connectivity index (χ2n) is 5.81. The first-order chi connectivity index (χ1) is 9.74. The Morgan fingerprint density at radius 1 is 1.30 bits per heavy atom. The van der Waals surface area contributed by atoms with E-state index in [2.05, 4.69) is 24.1 Å². The van der Waals surface area contributed by atoms with Gasteiger partial charge < -0.3 is 15.3 Å². The van der Waals surface area contributed by atoms with Crippen LogP contribution in [0.2, 0.25) is 0 Å². The van der Waals surface area contributed by atoms with Gasteiger partial charge >= 0.3 is 0 Å². The van der Waals surface area contributed by atoms with Crippen molar-refractivity contribution in [1.29, 1.82) is 0 Å². The van der Waals surface area contributed by atoms with Crippen molar-refractivity contribution in [1.82, 2.24) is 10.2 Å². The lowest BCUT2D eigenvalue weighted by Crippen LogP contribution is -2.49. The zero-order chi connectivity index (χ0) is 14.4. The summed E-state index contributed by atoms with van der Waals surface area (Å²) < 4.78 is 0. The summed E-state index contributed by atoms with van der Waals surface area (Å²) in [5, 5.41) is 13.9. The zero-order valence-corrected chi connectivity index (χ0v) is 12.8. The van der Waals surface area contributed by atoms with Crippen LogP contribution in [0, 0.1) is 5.92 Å². The number of hydrogen-bond acceptors (Lipinski definition) is 3. The number of aliphatic hydroxyl groups excluding tert-OH is 1. The number of aliphatic hydroxyl groups is 1. The molecule has 0 aliphatic carbocycles. The van der Waals surface area contributed by atoms with Gasteiger partial charge in [0.2, 0.25) is 0 Å². The first-order valence-electron chi connectivity index (χ1n) is 7.93. The van der Waals surface area contributed by atoms with Gasteiger partial charge in [-0.1, -0.05) is 50.6 Å². The van der Waals surface area contributed by atoms with E-state index in [0.29, 0.717) is 12.0 Å². The van der Waals surface area contributed by atoms with E-state index in [1.807, 2.05) is 30.3 Å². The normalized spacial score (nSPS) is 25.6. The molecule has 3 unspecified atom stereocenters. The third kappa shape index (κ3) is 4.05. The van der Waals surface area contributed by atoms with Crippen LogP contribution < -0.4 is 5.32 Å². The van der Waals surface area contributed by atoms with E-state index in [4.69, 9.17) is 0 Å². The molecular weight excluding hydrogens is 248 g/mol. The molecule has 3 nitrogen and oxygen atoms in total. The summed E-state index contributed by atoms with van der Waals surface area (Å²) >= 11 is 0. The first kappa shape index (κ1) is 15.5. The lowest BCUT2D eigenvalue weighted by molar-refractivity contribution is 0.0704. The number of β-amino-alcohol motifs (C(OH)–C–C–N with tert-alkyl or cyclic N) is 1. The zero-order valence-electron chi connectivity index (χ0n) is 12.8. The van der Waals surface area contributed by atoms with Crippen LogP contribution in [0.25, 0.3) is 0 Å². The molecule has 1 aliphatic heterocycles. The molecule has 1 aliphatic rings. The first-order valence-corrected chi connectivity index (χ1v) is 7.93. The van der Waals surface area contributed by atoms with Gasteiger partial charge in [0, 0.05) is 19.1 Å². The fourth-order valence-corrected chi connectivity index (χ4v) is 3.24. The highest BCUT2D eigenvalue weighted by molar-refractivity contribution is 5.17. The highest BCUT2D eigenvalue weighted by Gasteiger charge is 2.28. The van der Waals surface area contributed by atoms with Crippen molar-refractivity contribution in [2.75, 3.05) is 26.2 Å². The molecule has 1 aromatic rings. The van der Waals surface area contributed by atoms with Crippen LogP contribution in [0.5, 0.6) is 0 Å². The number of nitrogens with zero attached hydrogens (tertiary/aromatic N) is 1. The standard InChI is InChI=1S/C17H28N2O/c1-3-14-12-19(11-10-16(14)18-4-2)13-17(20)15-8-6-5-7-9-15/h5-9,14,16-18,20H,3-4,10-13H2,1-2H3. The molecule has 0 saturated carbocycles. The van der Waals surface area contributed by atoms with Gasteiger partial charge in [-0.3, -0.25) is 0 Å². The Bertz CT molecular complexity index is 382. The van der Waals surface area contributed by atoms with Gasteiger partial charge in [0.05, 0.1) is 6.10 Å². The van der Waals surface area contributed by atoms with Gasteiger partial charge in [-0.25, -0.2) is 0 Å². The molecule has 112 valence electrons. The van der Waals surface area contributed by atoms with Crippen molar-refractivity contribution in [3.63, 3.8) is 0 Å². The van der Waals surface area contributed by atoms with Crippen LogP contribution in [0.1, 0.15) is 38.4 Å². The minimum atomic E-state index is -0.371. The Hall–Kier alpha value is -0.900. The summed E-state index contributed by atoms with van der Waals surface area (Å²) in [7, 11) is 0. The van der Waals surface area contributed by atoms with Gasteiger partial charge in [-0.15, -0.1) is 0 Å². The van der Waals surface area contributed by atoms with Crippen molar-refractivity contribution >= 4 is 0 Å². The van der Waals surface area contributed by atoms with Crippen LogP contribution in [0.3, 0.4) is 0 Å². The van der Waals surface area contributed by atoms with Crippen molar-refractivity contribution in [2.45, 2.75) is 38.8 Å². The van der Waals surface area contributed by atoms with E-state index in [-0.39, 0.29) is 6.10 Å². The van der Waals surface area contributed by atoms with Crippen molar-refractivity contribution in [3.05, 3.63) is 35.9 Å². The van der Waals surface area contributed by atoms with Crippen LogP contribution in [0.4, 0.5) is 0 Å². The summed E-state index contributed by atoms with van der Waals surface area (Å²) in [6.07, 6.45) is 2.02. The maximum absolute atomic E-state index is 10.3. The average molecular weight is 276 g/mol. The molecular formula is C17H28N2O. The number of likely N-dealkylation sites (tertiary alicyclic amines) is 1. The highest BCUT2D eigenvalue weighted by atomic mass is 16.3. The summed E-state index contributed by atoms with van der Waals surface area (Å²) in [6.45, 7) is 8.42. The molecule has 1 aromatic carbocycles. The molecule has 2 rings (SSSR count). The number of rotatable bonds is 6. The van der Waals surface area contributed by atoms with Crippen LogP contribution >= 0.6 is 0 Å². The summed E-state index contributed by atoms with van der Waals surface area (Å²) in [6, 6.07) is 10.6. The Morgan fingerprint density at radius 3 is 2.70 bits per heavy atom. The number of benzene rings is 1. The minimum Gasteiger partial charge on any atom is -0.387 e. The van der Waals surface area contributed by atoms with Crippen molar-refractivity contribution < 1.29 is 5.11 Å². The number of piperidine rings is 1. The maximum Gasteiger partial charge on any atom is 0.0916 e. The Morgan fingerprint density at radius 2 is 2.05 bits per heavy atom. The monoisotopic (exact) mass is 276 g/mol. The van der Waals surface area contributed by atoms with E-state index >= 15 is 0 Å². The van der Waals surface area contributed by atoms with Crippen molar-refractivity contribution in [2.24, 2.45) is 5.92 Å². The van der Waals surface area contributed by atoms with E-state index in [1.54, 1.807) is 0 Å². The smallest absolute Gasteiger partial charge is 0.0916 e. The largest absolute Gasteiger partial charge is 0.387 e. The molecule has 0 amide bonds. The summed E-state index contributed by atoms with van der Waals surface area (Å²) in [5.41, 5.74) is 1.02. The highest BCUT2D eigenvalue weighted by Crippen LogP contribution is 2.22. The van der Waals surface area contributed by atoms with E-state index in [1.165, 1.54) is 12.8 Å². The lowest BCUT2D eigenvalue weighted by atomic mass is 9.89. The Kier molecular flexibility index (Phi) is 6.02. The van der Waals surface area contributed by atoms with Gasteiger partial charge in [-0.05, 0) is 31.0 Å². The van der Waals surface area contributed by atoms with E-state index in [9.17, 15) is 5.11 Å². The average Bonchev–Trinajstić information content (AvgIpc) is 2.50. The predicted octanol–water partition coefficient (Wildman–Crippen LogP) is 2.43. The number of hydrogen-bond donors (Lipinski definition) is 2. The molecule has 1 heterocycles. The molecule has 0 bridgehead atoms. The molecule has 3 atom stereocenters. The van der Waals surface area contributed by atoms with Crippen LogP contribution in [-0.4, -0.2) is 42.2 Å². The molecule has 0 aromatic heterocycles. The minimum absolute atomic E-state index is 0.371. The van der Waals surface area contributed by atoms with Crippen molar-refractivity contribution in [3.8, 4) is 0 Å². The predicted molar refractivity (Wildman–Crippen MR) is 83.7 cm³/mol. The topological polar surface area (TPSA) is 35.5 Å².